The summed E-state index contributed by atoms with van der Waals surface area (Å²) in [5.41, 5.74) is 1.28. The van der Waals surface area contributed by atoms with Crippen LogP contribution in [0, 0.1) is 12.7 Å². The van der Waals surface area contributed by atoms with Crippen LogP contribution in [0.2, 0.25) is 0 Å². The van der Waals surface area contributed by atoms with Crippen molar-refractivity contribution in [2.75, 3.05) is 13.1 Å². The first-order valence-corrected chi connectivity index (χ1v) is 9.01. The van der Waals surface area contributed by atoms with E-state index in [4.69, 9.17) is 0 Å². The second-order valence-electron chi connectivity index (χ2n) is 6.37. The summed E-state index contributed by atoms with van der Waals surface area (Å²) < 4.78 is 13.2. The molecule has 7 heteroatoms. The molecule has 0 aliphatic carbocycles. The first kappa shape index (κ1) is 17.5. The highest BCUT2D eigenvalue weighted by molar-refractivity contribution is 7.13. The third-order valence-corrected chi connectivity index (χ3v) is 5.61. The molecule has 2 amide bonds. The van der Waals surface area contributed by atoms with Crippen LogP contribution in [-0.2, 0) is 4.79 Å². The number of aryl methyl sites for hydroxylation is 1. The van der Waals surface area contributed by atoms with Crippen LogP contribution in [-0.4, -0.2) is 34.8 Å². The molecule has 1 aliphatic rings. The van der Waals surface area contributed by atoms with Gasteiger partial charge in [-0.25, -0.2) is 9.37 Å². The highest BCUT2D eigenvalue weighted by Gasteiger charge is 2.36. The Labute approximate surface area is 149 Å². The summed E-state index contributed by atoms with van der Waals surface area (Å²) in [6, 6.07) is 4.93. The third kappa shape index (κ3) is 3.42. The van der Waals surface area contributed by atoms with Gasteiger partial charge in [0.25, 0.3) is 5.91 Å². The second-order valence-corrected chi connectivity index (χ2v) is 7.40. The Morgan fingerprint density at radius 2 is 2.04 bits per heavy atom. The van der Waals surface area contributed by atoms with E-state index in [1.54, 1.807) is 17.0 Å². The fourth-order valence-corrected chi connectivity index (χ4v) is 3.88. The van der Waals surface area contributed by atoms with Gasteiger partial charge >= 0.3 is 0 Å². The zero-order valence-electron chi connectivity index (χ0n) is 14.4. The minimum Gasteiger partial charge on any atom is -0.352 e. The largest absolute Gasteiger partial charge is 0.352 e. The number of carbonyl (C=O) groups is 2. The van der Waals surface area contributed by atoms with Crippen molar-refractivity contribution in [1.29, 1.82) is 0 Å². The van der Waals surface area contributed by atoms with Crippen LogP contribution >= 0.6 is 11.3 Å². The van der Waals surface area contributed by atoms with Crippen LogP contribution in [0.4, 0.5) is 4.39 Å². The van der Waals surface area contributed by atoms with Crippen molar-refractivity contribution in [3.05, 3.63) is 51.2 Å². The molecule has 1 unspecified atom stereocenters. The van der Waals surface area contributed by atoms with Crippen LogP contribution in [0.5, 0.6) is 0 Å². The molecule has 1 atom stereocenters. The maximum absolute atomic E-state index is 13.2. The smallest absolute Gasteiger partial charge is 0.266 e. The number of nitrogens with zero attached hydrogens (tertiary/aromatic N) is 2. The van der Waals surface area contributed by atoms with Gasteiger partial charge < -0.3 is 10.2 Å². The minimum atomic E-state index is -0.758. The lowest BCUT2D eigenvalue weighted by molar-refractivity contribution is -0.128. The number of rotatable bonds is 3. The summed E-state index contributed by atoms with van der Waals surface area (Å²) in [5.74, 6) is -0.593. The molecule has 1 saturated heterocycles. The Balaban J connectivity index is 1.96. The molecule has 132 valence electrons. The van der Waals surface area contributed by atoms with Gasteiger partial charge in [-0.05, 0) is 24.6 Å². The molecule has 0 bridgehead atoms. The van der Waals surface area contributed by atoms with Crippen molar-refractivity contribution in [2.24, 2.45) is 0 Å². The van der Waals surface area contributed by atoms with Crippen molar-refractivity contribution < 1.29 is 14.0 Å². The van der Waals surface area contributed by atoms with Gasteiger partial charge in [-0.3, -0.25) is 9.59 Å². The van der Waals surface area contributed by atoms with Gasteiger partial charge in [-0.2, -0.15) is 0 Å². The summed E-state index contributed by atoms with van der Waals surface area (Å²) >= 11 is 1.38. The Morgan fingerprint density at radius 1 is 1.36 bits per heavy atom. The molecule has 1 N–H and O–H groups in total. The number of carbonyl (C=O) groups excluding carboxylic acids is 2. The topological polar surface area (TPSA) is 62.3 Å². The van der Waals surface area contributed by atoms with Crippen LogP contribution in [0.3, 0.4) is 0 Å². The first-order chi connectivity index (χ1) is 11.9. The highest BCUT2D eigenvalue weighted by atomic mass is 32.1. The number of thiazole rings is 1. The Bertz CT molecular complexity index is 801. The van der Waals surface area contributed by atoms with E-state index in [0.717, 1.165) is 5.01 Å². The Hall–Kier alpha value is -2.28. The van der Waals surface area contributed by atoms with E-state index in [0.29, 0.717) is 29.2 Å². The summed E-state index contributed by atoms with van der Waals surface area (Å²) in [4.78, 5) is 32.1. The van der Waals surface area contributed by atoms with Gasteiger partial charge in [0, 0.05) is 19.0 Å². The zero-order chi connectivity index (χ0) is 18.1. The maximum Gasteiger partial charge on any atom is 0.266 e. The molecule has 2 aromatic rings. The molecule has 1 aromatic carbocycles. The van der Waals surface area contributed by atoms with E-state index in [2.05, 4.69) is 10.3 Å². The molecule has 1 aliphatic heterocycles. The lowest BCUT2D eigenvalue weighted by Crippen LogP contribution is -2.52. The van der Waals surface area contributed by atoms with Crippen molar-refractivity contribution in [3.8, 4) is 0 Å². The van der Waals surface area contributed by atoms with Crippen molar-refractivity contribution in [3.63, 3.8) is 0 Å². The van der Waals surface area contributed by atoms with Gasteiger partial charge in [-0.15, -0.1) is 11.3 Å². The fraction of sp³-hybridized carbons (Fsp3) is 0.389. The number of hydrogen-bond donors (Lipinski definition) is 1. The van der Waals surface area contributed by atoms with Crippen molar-refractivity contribution >= 4 is 23.2 Å². The van der Waals surface area contributed by atoms with Gasteiger partial charge in [-0.1, -0.05) is 26.0 Å². The number of hydrogen-bond acceptors (Lipinski definition) is 4. The van der Waals surface area contributed by atoms with E-state index >= 15 is 0 Å². The minimum absolute atomic E-state index is 0.203. The Morgan fingerprint density at radius 3 is 2.64 bits per heavy atom. The highest BCUT2D eigenvalue weighted by Crippen LogP contribution is 2.30. The predicted octanol–water partition coefficient (Wildman–Crippen LogP) is 3.03. The molecule has 2 heterocycles. The number of benzene rings is 1. The van der Waals surface area contributed by atoms with E-state index in [1.807, 2.05) is 20.8 Å². The van der Waals surface area contributed by atoms with Crippen LogP contribution in [0.25, 0.3) is 0 Å². The lowest BCUT2D eigenvalue weighted by atomic mass is 10.0. The van der Waals surface area contributed by atoms with Gasteiger partial charge in [0.05, 0.1) is 10.7 Å². The molecule has 25 heavy (non-hydrogen) atoms. The molecule has 0 saturated carbocycles. The van der Waals surface area contributed by atoms with Gasteiger partial charge in [0.2, 0.25) is 5.91 Å². The normalized spacial score (nSPS) is 17.7. The van der Waals surface area contributed by atoms with Crippen molar-refractivity contribution in [1.82, 2.24) is 15.2 Å². The average molecular weight is 361 g/mol. The first-order valence-electron chi connectivity index (χ1n) is 8.20. The predicted molar refractivity (Wildman–Crippen MR) is 94.1 cm³/mol. The Kier molecular flexibility index (Phi) is 4.85. The van der Waals surface area contributed by atoms with Crippen LogP contribution in [0.1, 0.15) is 51.7 Å². The SMILES string of the molecule is Cc1nc(C(C)C)sc1C(=O)N1CCNC(=O)C1c1ccc(F)cc1. The standard InChI is InChI=1S/C18H20FN3O2S/c1-10(2)17-21-11(3)15(25-17)18(24)22-9-8-20-16(23)14(22)12-4-6-13(19)7-5-12/h4-7,10,14H,8-9H2,1-3H3,(H,20,23). The third-order valence-electron chi connectivity index (χ3n) is 4.16. The lowest BCUT2D eigenvalue weighted by Gasteiger charge is -2.35. The zero-order valence-corrected chi connectivity index (χ0v) is 15.2. The molecule has 5 nitrogen and oxygen atoms in total. The molecule has 0 spiro atoms. The molecule has 0 radical (unpaired) electrons. The number of piperazine rings is 1. The maximum atomic E-state index is 13.2. The van der Waals surface area contributed by atoms with E-state index in [1.165, 1.54) is 23.5 Å². The monoisotopic (exact) mass is 361 g/mol. The second kappa shape index (κ2) is 6.92. The van der Waals surface area contributed by atoms with Crippen LogP contribution in [0.15, 0.2) is 24.3 Å². The summed E-state index contributed by atoms with van der Waals surface area (Å²) in [5, 5.41) is 3.68. The fourth-order valence-electron chi connectivity index (χ4n) is 2.86. The summed E-state index contributed by atoms with van der Waals surface area (Å²) in [6.45, 7) is 6.68. The van der Waals surface area contributed by atoms with Crippen molar-refractivity contribution in [2.45, 2.75) is 32.7 Å². The number of amides is 2. The van der Waals surface area contributed by atoms with Gasteiger partial charge in [0.1, 0.15) is 16.7 Å². The molecular weight excluding hydrogens is 341 g/mol. The van der Waals surface area contributed by atoms with E-state index in [9.17, 15) is 14.0 Å². The average Bonchev–Trinajstić information content (AvgIpc) is 2.97. The number of halogens is 1. The number of nitrogens with one attached hydrogen (secondary N) is 1. The van der Waals surface area contributed by atoms with Gasteiger partial charge in [0.15, 0.2) is 0 Å². The molecular formula is C18H20FN3O2S. The summed E-state index contributed by atoms with van der Waals surface area (Å²) in [7, 11) is 0. The quantitative estimate of drug-likeness (QED) is 0.914. The van der Waals surface area contributed by atoms with Crippen LogP contribution < -0.4 is 5.32 Å². The molecule has 1 fully saturated rings. The van der Waals surface area contributed by atoms with E-state index < -0.39 is 6.04 Å². The molecule has 3 rings (SSSR count). The summed E-state index contributed by atoms with van der Waals surface area (Å²) in [6.07, 6.45) is 0. The number of aromatic nitrogens is 1. The molecule has 1 aromatic heterocycles. The van der Waals surface area contributed by atoms with E-state index in [-0.39, 0.29) is 23.5 Å².